The number of aryl methyl sites for hydroxylation is 1. The Kier molecular flexibility index (Phi) is 6.75. The highest BCUT2D eigenvalue weighted by molar-refractivity contribution is 8.00. The SMILES string of the molecule is Cc1ccc(-c2ccc(S(=O)(=O)NCCSC3CCOCC3)cc2)cc1. The van der Waals surface area contributed by atoms with Gasteiger partial charge in [-0.25, -0.2) is 13.1 Å². The Morgan fingerprint density at radius 2 is 1.58 bits per heavy atom. The maximum Gasteiger partial charge on any atom is 0.240 e. The van der Waals surface area contributed by atoms with Gasteiger partial charge in [-0.15, -0.1) is 0 Å². The Morgan fingerprint density at radius 1 is 1.00 bits per heavy atom. The summed E-state index contributed by atoms with van der Waals surface area (Å²) in [6.45, 7) is 4.13. The van der Waals surface area contributed by atoms with Crippen molar-refractivity contribution in [3.05, 3.63) is 54.1 Å². The van der Waals surface area contributed by atoms with E-state index in [4.69, 9.17) is 4.74 Å². The molecule has 1 fully saturated rings. The Balaban J connectivity index is 1.54. The zero-order valence-electron chi connectivity index (χ0n) is 15.0. The summed E-state index contributed by atoms with van der Waals surface area (Å²) >= 11 is 1.83. The second kappa shape index (κ2) is 9.04. The van der Waals surface area contributed by atoms with Crippen molar-refractivity contribution in [1.82, 2.24) is 4.72 Å². The summed E-state index contributed by atoms with van der Waals surface area (Å²) in [6, 6.07) is 15.3. The molecule has 1 saturated heterocycles. The molecule has 4 nitrogen and oxygen atoms in total. The number of thioether (sulfide) groups is 1. The monoisotopic (exact) mass is 391 g/mol. The van der Waals surface area contributed by atoms with E-state index in [0.717, 1.165) is 42.9 Å². The van der Waals surface area contributed by atoms with Gasteiger partial charge in [0.2, 0.25) is 10.0 Å². The molecule has 2 aromatic rings. The van der Waals surface area contributed by atoms with Crippen molar-refractivity contribution < 1.29 is 13.2 Å². The fourth-order valence-electron chi connectivity index (χ4n) is 2.90. The van der Waals surface area contributed by atoms with E-state index in [-0.39, 0.29) is 0 Å². The summed E-state index contributed by atoms with van der Waals surface area (Å²) in [4.78, 5) is 0.310. The number of hydrogen-bond acceptors (Lipinski definition) is 4. The first-order chi connectivity index (χ1) is 12.5. The third-order valence-electron chi connectivity index (χ3n) is 4.47. The quantitative estimate of drug-likeness (QED) is 0.729. The molecule has 0 radical (unpaired) electrons. The van der Waals surface area contributed by atoms with Gasteiger partial charge in [0.1, 0.15) is 0 Å². The predicted octanol–water partition coefficient (Wildman–Crippen LogP) is 3.85. The minimum atomic E-state index is -3.46. The van der Waals surface area contributed by atoms with Crippen LogP contribution in [0.25, 0.3) is 11.1 Å². The molecule has 0 bridgehead atoms. The molecule has 0 aromatic heterocycles. The van der Waals surface area contributed by atoms with E-state index < -0.39 is 10.0 Å². The van der Waals surface area contributed by atoms with E-state index in [9.17, 15) is 8.42 Å². The Bertz CT molecular complexity index is 796. The Hall–Kier alpha value is -1.34. The van der Waals surface area contributed by atoms with Gasteiger partial charge in [0.15, 0.2) is 0 Å². The summed E-state index contributed by atoms with van der Waals surface area (Å²) in [5, 5.41) is 0.585. The molecule has 0 unspecified atom stereocenters. The third-order valence-corrected chi connectivity index (χ3v) is 7.33. The molecule has 1 aliphatic rings. The lowest BCUT2D eigenvalue weighted by atomic mass is 10.0. The average molecular weight is 392 g/mol. The van der Waals surface area contributed by atoms with Crippen LogP contribution in [-0.2, 0) is 14.8 Å². The van der Waals surface area contributed by atoms with Crippen molar-refractivity contribution in [3.63, 3.8) is 0 Å². The van der Waals surface area contributed by atoms with Crippen molar-refractivity contribution in [2.45, 2.75) is 29.9 Å². The van der Waals surface area contributed by atoms with Gasteiger partial charge < -0.3 is 4.74 Å². The van der Waals surface area contributed by atoms with Crippen molar-refractivity contribution in [2.24, 2.45) is 0 Å². The highest BCUT2D eigenvalue weighted by atomic mass is 32.2. The van der Waals surface area contributed by atoms with Crippen LogP contribution in [0, 0.1) is 6.92 Å². The molecule has 0 spiro atoms. The minimum absolute atomic E-state index is 0.310. The van der Waals surface area contributed by atoms with Crippen LogP contribution in [-0.4, -0.2) is 39.2 Å². The minimum Gasteiger partial charge on any atom is -0.381 e. The molecule has 0 aliphatic carbocycles. The van der Waals surface area contributed by atoms with E-state index >= 15 is 0 Å². The maximum absolute atomic E-state index is 12.4. The van der Waals surface area contributed by atoms with Gasteiger partial charge in [-0.05, 0) is 43.0 Å². The van der Waals surface area contributed by atoms with E-state index in [1.165, 1.54) is 5.56 Å². The zero-order valence-corrected chi connectivity index (χ0v) is 16.6. The summed E-state index contributed by atoms with van der Waals surface area (Å²) in [7, 11) is -3.46. The summed E-state index contributed by atoms with van der Waals surface area (Å²) in [5.41, 5.74) is 3.30. The molecule has 1 heterocycles. The average Bonchev–Trinajstić information content (AvgIpc) is 2.67. The second-order valence-electron chi connectivity index (χ2n) is 6.47. The number of nitrogens with one attached hydrogen (secondary N) is 1. The Labute approximate surface area is 160 Å². The molecule has 0 atom stereocenters. The summed E-state index contributed by atoms with van der Waals surface area (Å²) in [5.74, 6) is 0.783. The van der Waals surface area contributed by atoms with Crippen LogP contribution in [0.2, 0.25) is 0 Å². The van der Waals surface area contributed by atoms with Crippen LogP contribution in [0.15, 0.2) is 53.4 Å². The second-order valence-corrected chi connectivity index (χ2v) is 9.65. The largest absolute Gasteiger partial charge is 0.381 e. The molecule has 0 amide bonds. The van der Waals surface area contributed by atoms with Crippen LogP contribution >= 0.6 is 11.8 Å². The lowest BCUT2D eigenvalue weighted by Gasteiger charge is -2.21. The lowest BCUT2D eigenvalue weighted by molar-refractivity contribution is 0.100. The zero-order chi connectivity index (χ0) is 18.4. The summed E-state index contributed by atoms with van der Waals surface area (Å²) in [6.07, 6.45) is 2.11. The highest BCUT2D eigenvalue weighted by Crippen LogP contribution is 2.23. The van der Waals surface area contributed by atoms with E-state index in [1.807, 2.05) is 43.0 Å². The number of benzene rings is 2. The van der Waals surface area contributed by atoms with E-state index in [0.29, 0.717) is 16.7 Å². The van der Waals surface area contributed by atoms with Crippen LogP contribution in [0.5, 0.6) is 0 Å². The number of rotatable bonds is 7. The number of sulfonamides is 1. The van der Waals surface area contributed by atoms with Crippen molar-refractivity contribution in [3.8, 4) is 11.1 Å². The Morgan fingerprint density at radius 3 is 2.19 bits per heavy atom. The van der Waals surface area contributed by atoms with Gasteiger partial charge in [0.25, 0.3) is 0 Å². The molecule has 2 aromatic carbocycles. The fraction of sp³-hybridized carbons (Fsp3) is 0.400. The number of ether oxygens (including phenoxy) is 1. The molecule has 1 N–H and O–H groups in total. The van der Waals surface area contributed by atoms with Gasteiger partial charge in [-0.1, -0.05) is 42.0 Å². The predicted molar refractivity (Wildman–Crippen MR) is 108 cm³/mol. The van der Waals surface area contributed by atoms with Gasteiger partial charge in [-0.3, -0.25) is 0 Å². The van der Waals surface area contributed by atoms with Crippen LogP contribution in [0.4, 0.5) is 0 Å². The smallest absolute Gasteiger partial charge is 0.240 e. The topological polar surface area (TPSA) is 55.4 Å². The molecular formula is C20H25NO3S2. The highest BCUT2D eigenvalue weighted by Gasteiger charge is 2.16. The lowest BCUT2D eigenvalue weighted by Crippen LogP contribution is -2.27. The molecular weight excluding hydrogens is 366 g/mol. The van der Waals surface area contributed by atoms with Crippen molar-refractivity contribution in [2.75, 3.05) is 25.5 Å². The third kappa shape index (κ3) is 5.33. The van der Waals surface area contributed by atoms with E-state index in [2.05, 4.69) is 16.9 Å². The van der Waals surface area contributed by atoms with Crippen LogP contribution < -0.4 is 4.72 Å². The molecule has 1 aliphatic heterocycles. The summed E-state index contributed by atoms with van der Waals surface area (Å²) < 4.78 is 32.9. The standard InChI is InChI=1S/C20H25NO3S2/c1-16-2-4-17(5-3-16)18-6-8-20(9-7-18)26(22,23)21-12-15-25-19-10-13-24-14-11-19/h2-9,19,21H,10-15H2,1H3. The first-order valence-corrected chi connectivity index (χ1v) is 11.4. The van der Waals surface area contributed by atoms with Crippen LogP contribution in [0.3, 0.4) is 0 Å². The van der Waals surface area contributed by atoms with Crippen LogP contribution in [0.1, 0.15) is 18.4 Å². The van der Waals surface area contributed by atoms with Gasteiger partial charge in [-0.2, -0.15) is 11.8 Å². The van der Waals surface area contributed by atoms with Gasteiger partial charge in [0, 0.05) is 30.8 Å². The van der Waals surface area contributed by atoms with E-state index in [1.54, 1.807) is 12.1 Å². The van der Waals surface area contributed by atoms with Gasteiger partial charge >= 0.3 is 0 Å². The fourth-order valence-corrected chi connectivity index (χ4v) is 5.14. The molecule has 0 saturated carbocycles. The molecule has 26 heavy (non-hydrogen) atoms. The van der Waals surface area contributed by atoms with Crippen molar-refractivity contribution in [1.29, 1.82) is 0 Å². The van der Waals surface area contributed by atoms with Crippen molar-refractivity contribution >= 4 is 21.8 Å². The molecule has 6 heteroatoms. The molecule has 140 valence electrons. The maximum atomic E-state index is 12.4. The van der Waals surface area contributed by atoms with Gasteiger partial charge in [0.05, 0.1) is 4.90 Å². The first-order valence-electron chi connectivity index (χ1n) is 8.91. The first kappa shape index (κ1) is 19.4. The number of hydrogen-bond donors (Lipinski definition) is 1. The normalized spacial score (nSPS) is 15.9. The molecule has 3 rings (SSSR count).